The number of piperidine rings is 1. The molecule has 3 aliphatic rings. The van der Waals surface area contributed by atoms with Crippen LogP contribution in [0.4, 0.5) is 0 Å². The van der Waals surface area contributed by atoms with Crippen molar-refractivity contribution in [3.05, 3.63) is 28.8 Å². The Hall–Kier alpha value is -1.44. The van der Waals surface area contributed by atoms with Crippen molar-refractivity contribution >= 4 is 15.9 Å². The van der Waals surface area contributed by atoms with Gasteiger partial charge in [-0.05, 0) is 94.6 Å². The fourth-order valence-electron chi connectivity index (χ4n) is 5.30. The second kappa shape index (κ2) is 9.20. The van der Waals surface area contributed by atoms with Crippen molar-refractivity contribution in [1.82, 2.24) is 14.1 Å². The van der Waals surface area contributed by atoms with Gasteiger partial charge in [-0.25, -0.2) is 8.42 Å². The van der Waals surface area contributed by atoms with Crippen LogP contribution >= 0.6 is 0 Å². The van der Waals surface area contributed by atoms with Crippen LogP contribution in [0.15, 0.2) is 17.0 Å². The number of rotatable bonds is 5. The first-order chi connectivity index (χ1) is 14.8. The Morgan fingerprint density at radius 2 is 1.65 bits per heavy atom. The summed E-state index contributed by atoms with van der Waals surface area (Å²) >= 11 is 0. The van der Waals surface area contributed by atoms with E-state index in [4.69, 9.17) is 0 Å². The first-order valence-electron chi connectivity index (χ1n) is 11.9. The van der Waals surface area contributed by atoms with Crippen LogP contribution in [0, 0.1) is 19.8 Å². The summed E-state index contributed by atoms with van der Waals surface area (Å²) in [6.07, 6.45) is 6.32. The molecule has 31 heavy (non-hydrogen) atoms. The number of carbonyl (C=O) groups excluding carboxylic acids is 1. The van der Waals surface area contributed by atoms with Crippen LogP contribution in [0.25, 0.3) is 0 Å². The van der Waals surface area contributed by atoms with Gasteiger partial charge in [0.2, 0.25) is 10.0 Å². The molecule has 1 aromatic rings. The molecule has 172 valence electrons. The van der Waals surface area contributed by atoms with Crippen molar-refractivity contribution < 1.29 is 13.2 Å². The van der Waals surface area contributed by atoms with Gasteiger partial charge in [0.1, 0.15) is 0 Å². The van der Waals surface area contributed by atoms with Gasteiger partial charge in [0.05, 0.1) is 4.90 Å². The zero-order valence-corrected chi connectivity index (χ0v) is 20.1. The van der Waals surface area contributed by atoms with E-state index in [1.54, 1.807) is 10.4 Å². The van der Waals surface area contributed by atoms with Crippen LogP contribution in [-0.2, 0) is 10.0 Å². The van der Waals surface area contributed by atoms with E-state index in [9.17, 15) is 13.2 Å². The number of benzene rings is 1. The number of hydrogen-bond acceptors (Lipinski definition) is 4. The molecule has 4 rings (SSSR count). The summed E-state index contributed by atoms with van der Waals surface area (Å²) in [7, 11) is -3.60. The number of likely N-dealkylation sites (tertiary alicyclic amines) is 2. The van der Waals surface area contributed by atoms with E-state index in [2.05, 4.69) is 11.8 Å². The molecule has 0 bridgehead atoms. The lowest BCUT2D eigenvalue weighted by Crippen LogP contribution is -2.42. The number of aryl methyl sites for hydroxylation is 1. The van der Waals surface area contributed by atoms with Crippen LogP contribution in [-0.4, -0.2) is 73.7 Å². The van der Waals surface area contributed by atoms with E-state index < -0.39 is 10.0 Å². The summed E-state index contributed by atoms with van der Waals surface area (Å²) in [4.78, 5) is 18.2. The number of hydrogen-bond donors (Lipinski definition) is 0. The summed E-state index contributed by atoms with van der Waals surface area (Å²) in [5.41, 5.74) is 2.13. The van der Waals surface area contributed by atoms with Gasteiger partial charge >= 0.3 is 0 Å². The normalized spacial score (nSPS) is 24.2. The molecule has 0 saturated carbocycles. The summed E-state index contributed by atoms with van der Waals surface area (Å²) in [5.74, 6) is 0.540. The molecular formula is C24H37N3O3S. The van der Waals surface area contributed by atoms with Crippen LogP contribution in [0.2, 0.25) is 0 Å². The molecule has 1 atom stereocenters. The molecule has 7 heteroatoms. The molecule has 1 aromatic carbocycles. The van der Waals surface area contributed by atoms with Crippen LogP contribution in [0.5, 0.6) is 0 Å². The fourth-order valence-corrected chi connectivity index (χ4v) is 7.10. The molecule has 0 aromatic heterocycles. The molecule has 1 unspecified atom stereocenters. The molecular weight excluding hydrogens is 410 g/mol. The SMILES string of the molecule is Cc1cc(C(=O)N2CCCC2CN2CCCC2)cc(S(=O)(=O)N2CCC(C)CC2)c1C. The van der Waals surface area contributed by atoms with Gasteiger partial charge < -0.3 is 9.80 Å². The minimum absolute atomic E-state index is 0.0199. The van der Waals surface area contributed by atoms with E-state index in [1.807, 2.05) is 24.8 Å². The molecule has 3 saturated heterocycles. The average molecular weight is 448 g/mol. The molecule has 1 amide bonds. The van der Waals surface area contributed by atoms with Gasteiger partial charge in [0.15, 0.2) is 0 Å². The third-order valence-corrected chi connectivity index (χ3v) is 9.56. The van der Waals surface area contributed by atoms with Crippen LogP contribution < -0.4 is 0 Å². The Morgan fingerprint density at radius 1 is 0.968 bits per heavy atom. The third kappa shape index (κ3) is 4.69. The quantitative estimate of drug-likeness (QED) is 0.694. The summed E-state index contributed by atoms with van der Waals surface area (Å²) in [5, 5.41) is 0. The highest BCUT2D eigenvalue weighted by molar-refractivity contribution is 7.89. The number of carbonyl (C=O) groups is 1. The lowest BCUT2D eigenvalue weighted by atomic mass is 10.0. The standard InChI is InChI=1S/C24H37N3O3S/c1-18-8-13-26(14-9-18)31(29,30)23-16-21(15-19(2)20(23)3)24(28)27-12-6-7-22(27)17-25-10-4-5-11-25/h15-16,18,22H,4-14,17H2,1-3H3. The zero-order chi connectivity index (χ0) is 22.2. The highest BCUT2D eigenvalue weighted by Gasteiger charge is 2.34. The lowest BCUT2D eigenvalue weighted by molar-refractivity contribution is 0.0708. The molecule has 3 aliphatic heterocycles. The predicted octanol–water partition coefficient (Wildman–Crippen LogP) is 3.42. The molecule has 0 aliphatic carbocycles. The lowest BCUT2D eigenvalue weighted by Gasteiger charge is -2.31. The predicted molar refractivity (Wildman–Crippen MR) is 123 cm³/mol. The monoisotopic (exact) mass is 447 g/mol. The summed E-state index contributed by atoms with van der Waals surface area (Å²) in [6.45, 7) is 11.0. The first-order valence-corrected chi connectivity index (χ1v) is 13.4. The zero-order valence-electron chi connectivity index (χ0n) is 19.3. The van der Waals surface area contributed by atoms with E-state index >= 15 is 0 Å². The Labute approximate surface area is 187 Å². The largest absolute Gasteiger partial charge is 0.334 e. The fraction of sp³-hybridized carbons (Fsp3) is 0.708. The molecule has 3 fully saturated rings. The van der Waals surface area contributed by atoms with Crippen LogP contribution in [0.3, 0.4) is 0 Å². The van der Waals surface area contributed by atoms with Crippen molar-refractivity contribution in [1.29, 1.82) is 0 Å². The average Bonchev–Trinajstić information content (AvgIpc) is 3.42. The Morgan fingerprint density at radius 3 is 2.32 bits per heavy atom. The van der Waals surface area contributed by atoms with E-state index in [1.165, 1.54) is 12.8 Å². The van der Waals surface area contributed by atoms with Crippen molar-refractivity contribution in [3.8, 4) is 0 Å². The van der Waals surface area contributed by atoms with Gasteiger partial charge in [0.25, 0.3) is 5.91 Å². The van der Waals surface area contributed by atoms with E-state index in [0.29, 0.717) is 29.5 Å². The summed E-state index contributed by atoms with van der Waals surface area (Å²) in [6, 6.07) is 3.75. The van der Waals surface area contributed by atoms with E-state index in [-0.39, 0.29) is 11.9 Å². The second-order valence-corrected chi connectivity index (χ2v) is 11.7. The van der Waals surface area contributed by atoms with Crippen LogP contribution in [0.1, 0.15) is 66.9 Å². The van der Waals surface area contributed by atoms with Gasteiger partial charge in [0, 0.05) is 37.8 Å². The number of amides is 1. The maximum absolute atomic E-state index is 13.5. The van der Waals surface area contributed by atoms with Crippen molar-refractivity contribution in [2.75, 3.05) is 39.3 Å². The highest BCUT2D eigenvalue weighted by atomic mass is 32.2. The van der Waals surface area contributed by atoms with Gasteiger partial charge in [-0.15, -0.1) is 0 Å². The minimum atomic E-state index is -3.60. The molecule has 3 heterocycles. The third-order valence-electron chi connectivity index (χ3n) is 7.53. The van der Waals surface area contributed by atoms with E-state index in [0.717, 1.165) is 63.0 Å². The van der Waals surface area contributed by atoms with Gasteiger partial charge in [-0.1, -0.05) is 6.92 Å². The smallest absolute Gasteiger partial charge is 0.254 e. The van der Waals surface area contributed by atoms with Gasteiger partial charge in [-0.3, -0.25) is 4.79 Å². The molecule has 0 radical (unpaired) electrons. The molecule has 0 N–H and O–H groups in total. The number of nitrogens with zero attached hydrogens (tertiary/aromatic N) is 3. The Bertz CT molecular complexity index is 916. The number of sulfonamides is 1. The Balaban J connectivity index is 1.59. The second-order valence-electron chi connectivity index (χ2n) is 9.81. The first kappa shape index (κ1) is 22.7. The van der Waals surface area contributed by atoms with Crippen molar-refractivity contribution in [2.45, 2.75) is 70.2 Å². The van der Waals surface area contributed by atoms with Crippen molar-refractivity contribution in [2.24, 2.45) is 5.92 Å². The van der Waals surface area contributed by atoms with Crippen molar-refractivity contribution in [3.63, 3.8) is 0 Å². The molecule has 6 nitrogen and oxygen atoms in total. The Kier molecular flexibility index (Phi) is 6.75. The topological polar surface area (TPSA) is 60.9 Å². The molecule has 0 spiro atoms. The van der Waals surface area contributed by atoms with Gasteiger partial charge in [-0.2, -0.15) is 4.31 Å². The maximum Gasteiger partial charge on any atom is 0.254 e. The highest BCUT2D eigenvalue weighted by Crippen LogP contribution is 2.30. The maximum atomic E-state index is 13.5. The minimum Gasteiger partial charge on any atom is -0.334 e. The summed E-state index contributed by atoms with van der Waals surface area (Å²) < 4.78 is 28.5.